The van der Waals surface area contributed by atoms with E-state index in [9.17, 15) is 9.59 Å². The fourth-order valence-corrected chi connectivity index (χ4v) is 5.89. The van der Waals surface area contributed by atoms with E-state index in [1.165, 1.54) is 5.56 Å². The van der Waals surface area contributed by atoms with Crippen molar-refractivity contribution in [1.29, 1.82) is 0 Å². The van der Waals surface area contributed by atoms with Crippen LogP contribution in [-0.4, -0.2) is 71.4 Å². The Hall–Kier alpha value is -4.48. The molecule has 40 heavy (non-hydrogen) atoms. The Morgan fingerprint density at radius 2 is 2.00 bits per heavy atom. The molecule has 6 rings (SSSR count). The number of rotatable bonds is 6. The van der Waals surface area contributed by atoms with Crippen LogP contribution in [0.2, 0.25) is 0 Å². The Morgan fingerprint density at radius 1 is 1.20 bits per heavy atom. The van der Waals surface area contributed by atoms with Gasteiger partial charge in [-0.1, -0.05) is 31.2 Å². The first-order valence-corrected chi connectivity index (χ1v) is 13.8. The minimum absolute atomic E-state index is 0.0762. The summed E-state index contributed by atoms with van der Waals surface area (Å²) < 4.78 is 1.60. The van der Waals surface area contributed by atoms with Crippen molar-refractivity contribution in [2.45, 2.75) is 58.2 Å². The molecule has 0 aliphatic carbocycles. The Balaban J connectivity index is 1.15. The number of hydrogen-bond donors (Lipinski definition) is 3. The molecule has 0 spiro atoms. The number of H-pyrrole nitrogens is 1. The van der Waals surface area contributed by atoms with Crippen LogP contribution in [0.3, 0.4) is 0 Å². The second-order valence-electron chi connectivity index (χ2n) is 10.6. The molecule has 1 saturated heterocycles. The molecular formula is C28H34N10O2. The Kier molecular flexibility index (Phi) is 6.82. The van der Waals surface area contributed by atoms with Gasteiger partial charge < -0.3 is 20.4 Å². The lowest BCUT2D eigenvalue weighted by Gasteiger charge is -2.40. The van der Waals surface area contributed by atoms with Crippen LogP contribution in [0, 0.1) is 6.92 Å². The van der Waals surface area contributed by atoms with Crippen LogP contribution >= 0.6 is 0 Å². The summed E-state index contributed by atoms with van der Waals surface area (Å²) >= 11 is 0. The van der Waals surface area contributed by atoms with Gasteiger partial charge in [0.15, 0.2) is 5.82 Å². The second kappa shape index (κ2) is 10.6. The minimum Gasteiger partial charge on any atom is -0.328 e. The average molecular weight is 543 g/mol. The highest BCUT2D eigenvalue weighted by molar-refractivity contribution is 5.92. The zero-order valence-electron chi connectivity index (χ0n) is 23.0. The van der Waals surface area contributed by atoms with E-state index in [0.29, 0.717) is 31.9 Å². The van der Waals surface area contributed by atoms with E-state index in [2.05, 4.69) is 55.4 Å². The molecule has 4 amide bonds. The SMILES string of the molecule is CCc1cc(CC(NC(=O)N2CCC(N3Cc4ccccc4NC3=O)CC2)c2nnnn2C)cc2c(C)n[nH]c12. The van der Waals surface area contributed by atoms with E-state index < -0.39 is 6.04 Å². The summed E-state index contributed by atoms with van der Waals surface area (Å²) in [4.78, 5) is 30.0. The lowest BCUT2D eigenvalue weighted by Crippen LogP contribution is -2.53. The number of urea groups is 2. The van der Waals surface area contributed by atoms with E-state index in [1.807, 2.05) is 41.0 Å². The van der Waals surface area contributed by atoms with Crippen molar-refractivity contribution in [2.24, 2.45) is 7.05 Å². The van der Waals surface area contributed by atoms with Crippen molar-refractivity contribution >= 4 is 28.7 Å². The average Bonchev–Trinajstić information content (AvgIpc) is 3.57. The Bertz CT molecular complexity index is 1550. The van der Waals surface area contributed by atoms with Crippen LogP contribution in [0.15, 0.2) is 36.4 Å². The molecule has 1 atom stereocenters. The summed E-state index contributed by atoms with van der Waals surface area (Å²) in [7, 11) is 1.78. The molecule has 0 radical (unpaired) electrons. The number of fused-ring (bicyclic) bond motifs is 2. The third-order valence-corrected chi connectivity index (χ3v) is 8.14. The maximum atomic E-state index is 13.5. The number of nitrogens with zero attached hydrogens (tertiary/aromatic N) is 7. The van der Waals surface area contributed by atoms with Gasteiger partial charge in [0.1, 0.15) is 0 Å². The molecule has 1 fully saturated rings. The number of piperidine rings is 1. The third-order valence-electron chi connectivity index (χ3n) is 8.14. The van der Waals surface area contributed by atoms with E-state index >= 15 is 0 Å². The monoisotopic (exact) mass is 542 g/mol. The van der Waals surface area contributed by atoms with Gasteiger partial charge >= 0.3 is 12.1 Å². The maximum Gasteiger partial charge on any atom is 0.322 e. The molecule has 208 valence electrons. The number of carbonyl (C=O) groups excluding carboxylic acids is 2. The van der Waals surface area contributed by atoms with Gasteiger partial charge in [-0.15, -0.1) is 5.10 Å². The highest BCUT2D eigenvalue weighted by Gasteiger charge is 2.33. The number of amides is 4. The van der Waals surface area contributed by atoms with Gasteiger partial charge in [0.25, 0.3) is 0 Å². The van der Waals surface area contributed by atoms with E-state index in [4.69, 9.17) is 0 Å². The molecule has 3 N–H and O–H groups in total. The summed E-state index contributed by atoms with van der Waals surface area (Å²) in [5, 5.41) is 26.9. The van der Waals surface area contributed by atoms with Gasteiger partial charge in [0.2, 0.25) is 0 Å². The van der Waals surface area contributed by atoms with Crippen LogP contribution in [0.4, 0.5) is 15.3 Å². The molecule has 2 aromatic heterocycles. The van der Waals surface area contributed by atoms with Crippen molar-refractivity contribution in [3.05, 3.63) is 64.6 Å². The quantitative estimate of drug-likeness (QED) is 0.341. The molecule has 1 unspecified atom stereocenters. The topological polar surface area (TPSA) is 137 Å². The van der Waals surface area contributed by atoms with E-state index in [0.717, 1.165) is 52.7 Å². The van der Waals surface area contributed by atoms with Crippen molar-refractivity contribution < 1.29 is 9.59 Å². The molecular weight excluding hydrogens is 508 g/mol. The molecule has 0 saturated carbocycles. The van der Waals surface area contributed by atoms with E-state index in [-0.39, 0.29) is 18.1 Å². The summed E-state index contributed by atoms with van der Waals surface area (Å²) in [6.45, 7) is 5.82. The fourth-order valence-electron chi connectivity index (χ4n) is 5.89. The van der Waals surface area contributed by atoms with Crippen LogP contribution in [-0.2, 0) is 26.4 Å². The number of anilines is 1. The van der Waals surface area contributed by atoms with Crippen molar-refractivity contribution in [3.63, 3.8) is 0 Å². The second-order valence-corrected chi connectivity index (χ2v) is 10.6. The summed E-state index contributed by atoms with van der Waals surface area (Å²) in [5.74, 6) is 0.592. The van der Waals surface area contributed by atoms with Crippen LogP contribution in [0.25, 0.3) is 10.9 Å². The zero-order valence-corrected chi connectivity index (χ0v) is 23.0. The summed E-state index contributed by atoms with van der Waals surface area (Å²) in [6.07, 6.45) is 2.84. The maximum absolute atomic E-state index is 13.5. The van der Waals surface area contributed by atoms with Gasteiger partial charge in [0.05, 0.1) is 17.3 Å². The first-order valence-electron chi connectivity index (χ1n) is 13.8. The van der Waals surface area contributed by atoms with Gasteiger partial charge in [-0.05, 0) is 65.4 Å². The van der Waals surface area contributed by atoms with Gasteiger partial charge in [-0.3, -0.25) is 5.10 Å². The number of para-hydroxylation sites is 1. The van der Waals surface area contributed by atoms with Gasteiger partial charge in [-0.25, -0.2) is 14.3 Å². The highest BCUT2D eigenvalue weighted by Crippen LogP contribution is 2.29. The molecule has 12 nitrogen and oxygen atoms in total. The van der Waals surface area contributed by atoms with Gasteiger partial charge in [0, 0.05) is 50.2 Å². The number of aromatic nitrogens is 6. The lowest BCUT2D eigenvalue weighted by atomic mass is 9.98. The number of hydrogen-bond acceptors (Lipinski definition) is 6. The Morgan fingerprint density at radius 3 is 2.75 bits per heavy atom. The third kappa shape index (κ3) is 4.85. The summed E-state index contributed by atoms with van der Waals surface area (Å²) in [5.41, 5.74) is 6.24. The smallest absolute Gasteiger partial charge is 0.322 e. The molecule has 2 aliphatic heterocycles. The standard InChI is InChI=1S/C28H34N10O2/c1-4-19-13-18(14-22-17(2)31-32-25(19)22)15-24(26-33-34-35-36(26)3)30-27(39)37-11-9-21(10-12-37)38-16-20-7-5-6-8-23(20)29-28(38)40/h5-8,13-14,21,24H,4,9-12,15-16H2,1-3H3,(H,29,40)(H,30,39)(H,31,32). The zero-order chi connectivity index (χ0) is 27.8. The predicted molar refractivity (Wildman–Crippen MR) is 150 cm³/mol. The molecule has 2 aromatic carbocycles. The van der Waals surface area contributed by atoms with Crippen molar-refractivity contribution in [1.82, 2.24) is 45.5 Å². The number of nitrogens with one attached hydrogen (secondary N) is 3. The van der Waals surface area contributed by atoms with Crippen molar-refractivity contribution in [2.75, 3.05) is 18.4 Å². The molecule has 4 aromatic rings. The highest BCUT2D eigenvalue weighted by atomic mass is 16.2. The number of aryl methyl sites for hydroxylation is 3. The van der Waals surface area contributed by atoms with E-state index in [1.54, 1.807) is 11.7 Å². The number of carbonyl (C=O) groups is 2. The lowest BCUT2D eigenvalue weighted by molar-refractivity contribution is 0.127. The normalized spacial score (nSPS) is 16.6. The van der Waals surface area contributed by atoms with Crippen LogP contribution in [0.5, 0.6) is 0 Å². The number of likely N-dealkylation sites (tertiary alicyclic amines) is 1. The fraction of sp³-hybridized carbons (Fsp3) is 0.429. The molecule has 4 heterocycles. The minimum atomic E-state index is -0.413. The Labute approximate surface area is 232 Å². The largest absolute Gasteiger partial charge is 0.328 e. The number of aromatic amines is 1. The molecule has 12 heteroatoms. The molecule has 0 bridgehead atoms. The summed E-state index contributed by atoms with van der Waals surface area (Å²) in [6, 6.07) is 11.6. The number of tetrazole rings is 1. The number of benzene rings is 2. The van der Waals surface area contributed by atoms with Crippen LogP contribution in [0.1, 0.15) is 54.0 Å². The van der Waals surface area contributed by atoms with Crippen molar-refractivity contribution in [3.8, 4) is 0 Å². The van der Waals surface area contributed by atoms with Crippen LogP contribution < -0.4 is 10.6 Å². The van der Waals surface area contributed by atoms with Gasteiger partial charge in [-0.2, -0.15) is 5.10 Å². The predicted octanol–water partition coefficient (Wildman–Crippen LogP) is 3.46. The molecule has 2 aliphatic rings. The first-order chi connectivity index (χ1) is 19.4. The first kappa shape index (κ1) is 25.8.